The predicted molar refractivity (Wildman–Crippen MR) is 88.4 cm³/mol. The van der Waals surface area contributed by atoms with Crippen molar-refractivity contribution in [1.82, 2.24) is 10.5 Å². The first-order valence-electron chi connectivity index (χ1n) is 6.90. The Morgan fingerprint density at radius 3 is 2.91 bits per heavy atom. The Hall–Kier alpha value is -2.80. The van der Waals surface area contributed by atoms with Crippen LogP contribution in [0.25, 0.3) is 10.6 Å². The highest BCUT2D eigenvalue weighted by molar-refractivity contribution is 7.13. The van der Waals surface area contributed by atoms with Crippen LogP contribution < -0.4 is 15.8 Å². The van der Waals surface area contributed by atoms with E-state index in [-0.39, 0.29) is 17.4 Å². The molecule has 0 saturated carbocycles. The number of anilines is 1. The quantitative estimate of drug-likeness (QED) is 0.751. The van der Waals surface area contributed by atoms with Gasteiger partial charge in [-0.2, -0.15) is 0 Å². The van der Waals surface area contributed by atoms with Crippen LogP contribution in [-0.2, 0) is 6.54 Å². The molecule has 23 heavy (non-hydrogen) atoms. The highest BCUT2D eigenvalue weighted by atomic mass is 32.1. The van der Waals surface area contributed by atoms with Crippen LogP contribution in [0.4, 0.5) is 5.88 Å². The summed E-state index contributed by atoms with van der Waals surface area (Å²) in [4.78, 5) is 13.3. The number of nitrogens with one attached hydrogen (secondary N) is 1. The van der Waals surface area contributed by atoms with Gasteiger partial charge in [-0.3, -0.25) is 4.79 Å². The lowest BCUT2D eigenvalue weighted by Gasteiger charge is -2.09. The average molecular weight is 329 g/mol. The third-order valence-corrected chi connectivity index (χ3v) is 4.21. The van der Waals surface area contributed by atoms with Gasteiger partial charge in [0.1, 0.15) is 17.0 Å². The standard InChI is InChI=1S/C16H15N3O3S/c1-21-11-6-3-2-5-10(11)9-18-16(20)13-14(19-22-15(13)17)12-7-4-8-23-12/h2-8H,9,17H2,1H3,(H,18,20). The minimum absolute atomic E-state index is 0.00549. The van der Waals surface area contributed by atoms with Crippen LogP contribution in [0.3, 0.4) is 0 Å². The van der Waals surface area contributed by atoms with Crippen molar-refractivity contribution in [3.63, 3.8) is 0 Å². The molecule has 6 nitrogen and oxygen atoms in total. The van der Waals surface area contributed by atoms with Crippen molar-refractivity contribution in [3.05, 3.63) is 52.9 Å². The number of methoxy groups -OCH3 is 1. The molecule has 3 aromatic rings. The number of benzene rings is 1. The summed E-state index contributed by atoms with van der Waals surface area (Å²) in [6, 6.07) is 11.2. The van der Waals surface area contributed by atoms with Gasteiger partial charge in [-0.1, -0.05) is 29.4 Å². The number of hydrogen-bond donors (Lipinski definition) is 2. The van der Waals surface area contributed by atoms with Crippen molar-refractivity contribution in [3.8, 4) is 16.3 Å². The molecule has 0 saturated heterocycles. The Kier molecular flexibility index (Phi) is 4.29. The third-order valence-electron chi connectivity index (χ3n) is 3.33. The van der Waals surface area contributed by atoms with E-state index in [0.717, 1.165) is 10.4 Å². The van der Waals surface area contributed by atoms with Crippen molar-refractivity contribution in [2.45, 2.75) is 6.54 Å². The Morgan fingerprint density at radius 2 is 2.17 bits per heavy atom. The molecule has 0 atom stereocenters. The number of nitrogens with zero attached hydrogens (tertiary/aromatic N) is 1. The zero-order valence-electron chi connectivity index (χ0n) is 12.4. The Balaban J connectivity index is 1.81. The fourth-order valence-electron chi connectivity index (χ4n) is 2.22. The number of amides is 1. The first-order valence-corrected chi connectivity index (χ1v) is 7.77. The van der Waals surface area contributed by atoms with Crippen LogP contribution >= 0.6 is 11.3 Å². The smallest absolute Gasteiger partial charge is 0.259 e. The molecule has 0 spiro atoms. The van der Waals surface area contributed by atoms with Gasteiger partial charge in [-0.25, -0.2) is 0 Å². The zero-order chi connectivity index (χ0) is 16.2. The second kappa shape index (κ2) is 6.53. The highest BCUT2D eigenvalue weighted by Gasteiger charge is 2.23. The fraction of sp³-hybridized carbons (Fsp3) is 0.125. The van der Waals surface area contributed by atoms with Gasteiger partial charge >= 0.3 is 0 Å². The van der Waals surface area contributed by atoms with E-state index < -0.39 is 0 Å². The molecular weight excluding hydrogens is 314 g/mol. The molecule has 2 heterocycles. The van der Waals surface area contributed by atoms with Crippen LogP contribution in [-0.4, -0.2) is 18.2 Å². The summed E-state index contributed by atoms with van der Waals surface area (Å²) in [5.74, 6) is 0.383. The number of ether oxygens (including phenoxy) is 1. The van der Waals surface area contributed by atoms with Crippen molar-refractivity contribution >= 4 is 23.1 Å². The lowest BCUT2D eigenvalue weighted by molar-refractivity contribution is 0.0952. The Morgan fingerprint density at radius 1 is 1.35 bits per heavy atom. The lowest BCUT2D eigenvalue weighted by Crippen LogP contribution is -2.24. The number of nitrogens with two attached hydrogens (primary N) is 1. The number of aromatic nitrogens is 1. The molecule has 0 aliphatic carbocycles. The normalized spacial score (nSPS) is 10.5. The van der Waals surface area contributed by atoms with Crippen molar-refractivity contribution < 1.29 is 14.1 Å². The van der Waals surface area contributed by atoms with E-state index in [0.29, 0.717) is 18.0 Å². The van der Waals surface area contributed by atoms with Crippen LogP contribution in [0.15, 0.2) is 46.3 Å². The minimum Gasteiger partial charge on any atom is -0.496 e. The first-order chi connectivity index (χ1) is 11.2. The van der Waals surface area contributed by atoms with E-state index in [1.165, 1.54) is 11.3 Å². The summed E-state index contributed by atoms with van der Waals surface area (Å²) in [6.07, 6.45) is 0. The molecule has 0 aliphatic heterocycles. The molecule has 7 heteroatoms. The van der Waals surface area contributed by atoms with Gasteiger partial charge < -0.3 is 20.3 Å². The number of carbonyl (C=O) groups is 1. The third kappa shape index (κ3) is 3.04. The summed E-state index contributed by atoms with van der Waals surface area (Å²) < 4.78 is 10.3. The molecule has 3 N–H and O–H groups in total. The molecule has 1 amide bonds. The second-order valence-electron chi connectivity index (χ2n) is 4.74. The maximum atomic E-state index is 12.5. The van der Waals surface area contributed by atoms with Crippen molar-refractivity contribution in [2.24, 2.45) is 0 Å². The average Bonchev–Trinajstić information content (AvgIpc) is 3.22. The van der Waals surface area contributed by atoms with Crippen LogP contribution in [0.5, 0.6) is 5.75 Å². The van der Waals surface area contributed by atoms with Gasteiger partial charge in [-0.15, -0.1) is 11.3 Å². The zero-order valence-corrected chi connectivity index (χ0v) is 13.2. The van der Waals surface area contributed by atoms with E-state index in [4.69, 9.17) is 15.0 Å². The number of carbonyl (C=O) groups excluding carboxylic acids is 1. The highest BCUT2D eigenvalue weighted by Crippen LogP contribution is 2.30. The molecule has 118 valence electrons. The van der Waals surface area contributed by atoms with E-state index in [1.807, 2.05) is 41.8 Å². The summed E-state index contributed by atoms with van der Waals surface area (Å²) in [5.41, 5.74) is 7.34. The molecule has 1 aromatic carbocycles. The molecular formula is C16H15N3O3S. The molecule has 0 fully saturated rings. The topological polar surface area (TPSA) is 90.4 Å². The molecule has 3 rings (SSSR count). The van der Waals surface area contributed by atoms with E-state index in [1.54, 1.807) is 7.11 Å². The van der Waals surface area contributed by atoms with Gasteiger partial charge in [0, 0.05) is 12.1 Å². The molecule has 0 aliphatic rings. The van der Waals surface area contributed by atoms with Gasteiger partial charge in [0.15, 0.2) is 0 Å². The van der Waals surface area contributed by atoms with Crippen LogP contribution in [0.1, 0.15) is 15.9 Å². The molecule has 2 aromatic heterocycles. The maximum Gasteiger partial charge on any atom is 0.259 e. The van der Waals surface area contributed by atoms with Crippen molar-refractivity contribution in [2.75, 3.05) is 12.8 Å². The maximum absolute atomic E-state index is 12.5. The number of para-hydroxylation sites is 1. The predicted octanol–water partition coefficient (Wildman–Crippen LogP) is 2.92. The SMILES string of the molecule is COc1ccccc1CNC(=O)c1c(-c2cccs2)noc1N. The lowest BCUT2D eigenvalue weighted by atomic mass is 10.1. The van der Waals surface area contributed by atoms with E-state index >= 15 is 0 Å². The Labute approximate surface area is 136 Å². The molecule has 0 bridgehead atoms. The summed E-state index contributed by atoms with van der Waals surface area (Å²) in [6.45, 7) is 0.317. The molecule has 0 radical (unpaired) electrons. The summed E-state index contributed by atoms with van der Waals surface area (Å²) in [7, 11) is 1.59. The largest absolute Gasteiger partial charge is 0.496 e. The van der Waals surface area contributed by atoms with Gasteiger partial charge in [-0.05, 0) is 17.5 Å². The molecule has 0 unspecified atom stereocenters. The summed E-state index contributed by atoms with van der Waals surface area (Å²) in [5, 5.41) is 8.62. The number of hydrogen-bond acceptors (Lipinski definition) is 6. The number of thiophene rings is 1. The second-order valence-corrected chi connectivity index (χ2v) is 5.69. The number of nitrogen functional groups attached to an aromatic ring is 1. The summed E-state index contributed by atoms with van der Waals surface area (Å²) >= 11 is 1.46. The Bertz CT molecular complexity index is 812. The number of rotatable bonds is 5. The van der Waals surface area contributed by atoms with E-state index in [2.05, 4.69) is 10.5 Å². The van der Waals surface area contributed by atoms with Crippen LogP contribution in [0.2, 0.25) is 0 Å². The van der Waals surface area contributed by atoms with Crippen molar-refractivity contribution in [1.29, 1.82) is 0 Å². The first kappa shape index (κ1) is 15.1. The van der Waals surface area contributed by atoms with Gasteiger partial charge in [0.25, 0.3) is 5.91 Å². The monoisotopic (exact) mass is 329 g/mol. The van der Waals surface area contributed by atoms with E-state index in [9.17, 15) is 4.79 Å². The minimum atomic E-state index is -0.335. The van der Waals surface area contributed by atoms with Crippen LogP contribution in [0, 0.1) is 0 Å². The van der Waals surface area contributed by atoms with Gasteiger partial charge in [0.05, 0.1) is 12.0 Å². The fourth-order valence-corrected chi connectivity index (χ4v) is 2.93. The van der Waals surface area contributed by atoms with Gasteiger partial charge in [0.2, 0.25) is 5.88 Å².